The number of nitrogens with one attached hydrogen (secondary N) is 1. The lowest BCUT2D eigenvalue weighted by atomic mass is 9.97. The Morgan fingerprint density at radius 3 is 2.75 bits per heavy atom. The van der Waals surface area contributed by atoms with Crippen LogP contribution in [0.3, 0.4) is 0 Å². The highest BCUT2D eigenvalue weighted by molar-refractivity contribution is 7.17. The van der Waals surface area contributed by atoms with E-state index in [0.717, 1.165) is 5.56 Å². The van der Waals surface area contributed by atoms with Gasteiger partial charge in [0.15, 0.2) is 0 Å². The van der Waals surface area contributed by atoms with Gasteiger partial charge >= 0.3 is 0 Å². The molecule has 1 unspecified atom stereocenters. The number of halogens is 1. The van der Waals surface area contributed by atoms with E-state index in [1.54, 1.807) is 24.3 Å². The van der Waals surface area contributed by atoms with E-state index in [1.165, 1.54) is 15.6 Å². The Hall–Kier alpha value is -1.71. The molecule has 2 aromatic carbocycles. The van der Waals surface area contributed by atoms with E-state index in [4.69, 9.17) is 0 Å². The fourth-order valence-electron chi connectivity index (χ4n) is 2.53. The van der Waals surface area contributed by atoms with Gasteiger partial charge < -0.3 is 5.32 Å². The minimum atomic E-state index is -0.152. The van der Waals surface area contributed by atoms with Crippen molar-refractivity contribution in [3.63, 3.8) is 0 Å². The SMILES string of the molecule is CNC(c1ccc(C)c(F)c1)c1cccc2ccsc12. The first-order valence-electron chi connectivity index (χ1n) is 6.60. The van der Waals surface area contributed by atoms with Crippen LogP contribution in [0.15, 0.2) is 47.8 Å². The van der Waals surface area contributed by atoms with E-state index in [-0.39, 0.29) is 11.9 Å². The van der Waals surface area contributed by atoms with Gasteiger partial charge in [0.25, 0.3) is 0 Å². The molecule has 1 nitrogen and oxygen atoms in total. The topological polar surface area (TPSA) is 12.0 Å². The minimum Gasteiger partial charge on any atom is -0.309 e. The molecule has 102 valence electrons. The van der Waals surface area contributed by atoms with Crippen molar-refractivity contribution in [2.24, 2.45) is 0 Å². The lowest BCUT2D eigenvalue weighted by Crippen LogP contribution is -2.18. The van der Waals surface area contributed by atoms with Crippen LogP contribution >= 0.6 is 11.3 Å². The molecular formula is C17H16FNS. The summed E-state index contributed by atoms with van der Waals surface area (Å²) in [6.07, 6.45) is 0. The number of fused-ring (bicyclic) bond motifs is 1. The molecule has 0 saturated carbocycles. The molecule has 0 radical (unpaired) electrons. The number of rotatable bonds is 3. The quantitative estimate of drug-likeness (QED) is 0.738. The molecule has 1 aromatic heterocycles. The van der Waals surface area contributed by atoms with Crippen molar-refractivity contribution < 1.29 is 4.39 Å². The summed E-state index contributed by atoms with van der Waals surface area (Å²) in [6.45, 7) is 1.79. The van der Waals surface area contributed by atoms with Crippen molar-refractivity contribution in [1.82, 2.24) is 5.32 Å². The summed E-state index contributed by atoms with van der Waals surface area (Å²) in [4.78, 5) is 0. The second-order valence-electron chi connectivity index (χ2n) is 4.92. The molecule has 3 aromatic rings. The molecule has 0 aliphatic carbocycles. The van der Waals surface area contributed by atoms with Crippen LogP contribution in [0.2, 0.25) is 0 Å². The third-order valence-electron chi connectivity index (χ3n) is 3.64. The average molecular weight is 285 g/mol. The first kappa shape index (κ1) is 13.3. The molecule has 0 spiro atoms. The fraction of sp³-hybridized carbons (Fsp3) is 0.176. The van der Waals surface area contributed by atoms with Gasteiger partial charge in [-0.15, -0.1) is 11.3 Å². The van der Waals surface area contributed by atoms with Crippen molar-refractivity contribution in [2.45, 2.75) is 13.0 Å². The smallest absolute Gasteiger partial charge is 0.126 e. The monoisotopic (exact) mass is 285 g/mol. The van der Waals surface area contributed by atoms with Gasteiger partial charge in [0.2, 0.25) is 0 Å². The largest absolute Gasteiger partial charge is 0.309 e. The van der Waals surface area contributed by atoms with Crippen molar-refractivity contribution in [1.29, 1.82) is 0 Å². The summed E-state index contributed by atoms with van der Waals surface area (Å²) >= 11 is 1.73. The number of benzene rings is 2. The van der Waals surface area contributed by atoms with Gasteiger partial charge in [-0.25, -0.2) is 4.39 Å². The van der Waals surface area contributed by atoms with Crippen molar-refractivity contribution in [2.75, 3.05) is 7.05 Å². The zero-order valence-corrected chi connectivity index (χ0v) is 12.3. The van der Waals surface area contributed by atoms with Gasteiger partial charge in [0, 0.05) is 4.70 Å². The second-order valence-corrected chi connectivity index (χ2v) is 5.83. The molecule has 3 heteroatoms. The third-order valence-corrected chi connectivity index (χ3v) is 4.62. The average Bonchev–Trinajstić information content (AvgIpc) is 2.93. The maximum Gasteiger partial charge on any atom is 0.126 e. The molecule has 3 rings (SSSR count). The Morgan fingerprint density at radius 1 is 1.15 bits per heavy atom. The van der Waals surface area contributed by atoms with Crippen LogP contribution in [-0.2, 0) is 0 Å². The van der Waals surface area contributed by atoms with Gasteiger partial charge in [-0.1, -0.05) is 30.3 Å². The summed E-state index contributed by atoms with van der Waals surface area (Å²) < 4.78 is 15.1. The first-order valence-corrected chi connectivity index (χ1v) is 7.48. The molecule has 0 fully saturated rings. The Balaban J connectivity index is 2.13. The molecule has 0 amide bonds. The first-order chi connectivity index (χ1) is 9.70. The Labute approximate surface area is 122 Å². The van der Waals surface area contributed by atoms with E-state index in [9.17, 15) is 4.39 Å². The van der Waals surface area contributed by atoms with Crippen molar-refractivity contribution in [3.05, 3.63) is 70.4 Å². The minimum absolute atomic E-state index is 0.00690. The Morgan fingerprint density at radius 2 is 2.00 bits per heavy atom. The highest BCUT2D eigenvalue weighted by Gasteiger charge is 2.16. The molecule has 0 aliphatic rings. The van der Waals surface area contributed by atoms with Crippen LogP contribution in [0.1, 0.15) is 22.7 Å². The maximum absolute atomic E-state index is 13.8. The molecule has 20 heavy (non-hydrogen) atoms. The lowest BCUT2D eigenvalue weighted by Gasteiger charge is -2.18. The predicted molar refractivity (Wildman–Crippen MR) is 83.9 cm³/mol. The standard InChI is InChI=1S/C17H16FNS/c1-11-6-7-13(10-15(11)18)16(19-2)14-5-3-4-12-8-9-20-17(12)14/h3-10,16,19H,1-2H3. The molecular weight excluding hydrogens is 269 g/mol. The highest BCUT2D eigenvalue weighted by atomic mass is 32.1. The summed E-state index contributed by atoms with van der Waals surface area (Å²) in [7, 11) is 1.91. The van der Waals surface area contributed by atoms with Crippen molar-refractivity contribution in [3.8, 4) is 0 Å². The molecule has 0 bridgehead atoms. The van der Waals surface area contributed by atoms with Crippen LogP contribution in [0.25, 0.3) is 10.1 Å². The number of hydrogen-bond acceptors (Lipinski definition) is 2. The van der Waals surface area contributed by atoms with E-state index in [1.807, 2.05) is 19.2 Å². The maximum atomic E-state index is 13.8. The van der Waals surface area contributed by atoms with Crippen molar-refractivity contribution >= 4 is 21.4 Å². The zero-order chi connectivity index (χ0) is 14.1. The fourth-order valence-corrected chi connectivity index (χ4v) is 3.48. The Bertz CT molecular complexity index is 748. The van der Waals surface area contributed by atoms with Gasteiger partial charge in [0.1, 0.15) is 5.82 Å². The van der Waals surface area contributed by atoms with Crippen LogP contribution in [0, 0.1) is 12.7 Å². The van der Waals surface area contributed by atoms with Gasteiger partial charge in [-0.3, -0.25) is 0 Å². The van der Waals surface area contributed by atoms with E-state index in [0.29, 0.717) is 5.56 Å². The van der Waals surface area contributed by atoms with Gasteiger partial charge in [0.05, 0.1) is 6.04 Å². The van der Waals surface area contributed by atoms with E-state index >= 15 is 0 Å². The molecule has 1 heterocycles. The number of aryl methyl sites for hydroxylation is 1. The van der Waals surface area contributed by atoms with Crippen LogP contribution in [-0.4, -0.2) is 7.05 Å². The van der Waals surface area contributed by atoms with Crippen LogP contribution < -0.4 is 5.32 Å². The lowest BCUT2D eigenvalue weighted by molar-refractivity contribution is 0.609. The molecule has 1 N–H and O–H groups in total. The zero-order valence-electron chi connectivity index (χ0n) is 11.5. The third kappa shape index (κ3) is 2.23. The highest BCUT2D eigenvalue weighted by Crippen LogP contribution is 2.32. The number of thiophene rings is 1. The second kappa shape index (κ2) is 5.35. The summed E-state index contributed by atoms with van der Waals surface area (Å²) in [5.41, 5.74) is 2.83. The van der Waals surface area contributed by atoms with Crippen LogP contribution in [0.5, 0.6) is 0 Å². The van der Waals surface area contributed by atoms with Crippen LogP contribution in [0.4, 0.5) is 4.39 Å². The summed E-state index contributed by atoms with van der Waals surface area (Å²) in [6, 6.07) is 13.9. The van der Waals surface area contributed by atoms with Gasteiger partial charge in [-0.05, 0) is 53.6 Å². The molecule has 0 saturated heterocycles. The Kier molecular flexibility index (Phi) is 3.55. The summed E-state index contributed by atoms with van der Waals surface area (Å²) in [5, 5.41) is 6.63. The molecule has 1 atom stereocenters. The van der Waals surface area contributed by atoms with E-state index in [2.05, 4.69) is 35.0 Å². The summed E-state index contributed by atoms with van der Waals surface area (Å²) in [5.74, 6) is -0.152. The normalized spacial score (nSPS) is 12.8. The molecule has 0 aliphatic heterocycles. The number of hydrogen-bond donors (Lipinski definition) is 1. The van der Waals surface area contributed by atoms with Gasteiger partial charge in [-0.2, -0.15) is 0 Å². The van der Waals surface area contributed by atoms with E-state index < -0.39 is 0 Å². The predicted octanol–water partition coefficient (Wildman–Crippen LogP) is 4.66.